The van der Waals surface area contributed by atoms with E-state index in [4.69, 9.17) is 6.42 Å². The summed E-state index contributed by atoms with van der Waals surface area (Å²) in [6.07, 6.45) is 7.59. The number of hydrogen-bond donors (Lipinski definition) is 0. The fourth-order valence-electron chi connectivity index (χ4n) is 1.89. The topological polar surface area (TPSA) is 17.8 Å². The molecule has 0 atom stereocenters. The van der Waals surface area contributed by atoms with Crippen LogP contribution in [0.25, 0.3) is 11.0 Å². The normalized spacial score (nSPS) is 15.5. The third kappa shape index (κ3) is 1.15. The maximum atomic E-state index is 13.5. The summed E-state index contributed by atoms with van der Waals surface area (Å²) in [5, 5.41) is 0. The number of imidazole rings is 1. The third-order valence-corrected chi connectivity index (χ3v) is 2.71. The van der Waals surface area contributed by atoms with Gasteiger partial charge < -0.3 is 4.57 Å². The van der Waals surface area contributed by atoms with Crippen LogP contribution in [0.5, 0.6) is 0 Å². The van der Waals surface area contributed by atoms with Crippen molar-refractivity contribution >= 4 is 11.0 Å². The molecule has 1 saturated carbocycles. The van der Waals surface area contributed by atoms with Crippen LogP contribution in [0.1, 0.15) is 24.7 Å². The van der Waals surface area contributed by atoms with Gasteiger partial charge in [-0.1, -0.05) is 6.07 Å². The summed E-state index contributed by atoms with van der Waals surface area (Å²) in [5.41, 5.74) is 1.20. The second-order valence-corrected chi connectivity index (χ2v) is 3.79. The first-order valence-electron chi connectivity index (χ1n) is 4.94. The van der Waals surface area contributed by atoms with Crippen LogP contribution in [0.4, 0.5) is 4.39 Å². The van der Waals surface area contributed by atoms with Crippen molar-refractivity contribution in [3.8, 4) is 12.3 Å². The lowest BCUT2D eigenvalue weighted by Crippen LogP contribution is -1.97. The lowest BCUT2D eigenvalue weighted by molar-refractivity contribution is 0.637. The molecule has 0 saturated heterocycles. The van der Waals surface area contributed by atoms with E-state index in [1.807, 2.05) is 10.6 Å². The average molecular weight is 200 g/mol. The molecule has 1 heterocycles. The number of fused-ring (bicyclic) bond motifs is 1. The van der Waals surface area contributed by atoms with Crippen molar-refractivity contribution < 1.29 is 4.39 Å². The molecule has 0 N–H and O–H groups in total. The molecule has 0 unspecified atom stereocenters. The van der Waals surface area contributed by atoms with Gasteiger partial charge in [-0.3, -0.25) is 0 Å². The Bertz CT molecular complexity index is 573. The quantitative estimate of drug-likeness (QED) is 0.647. The van der Waals surface area contributed by atoms with Gasteiger partial charge in [0.2, 0.25) is 0 Å². The highest BCUT2D eigenvalue weighted by Gasteiger charge is 2.28. The van der Waals surface area contributed by atoms with Crippen LogP contribution in [0.3, 0.4) is 0 Å². The minimum Gasteiger partial charge on any atom is -0.314 e. The van der Waals surface area contributed by atoms with Crippen LogP contribution in [0, 0.1) is 18.2 Å². The van der Waals surface area contributed by atoms with Gasteiger partial charge in [0.1, 0.15) is 5.52 Å². The number of rotatable bonds is 1. The summed E-state index contributed by atoms with van der Waals surface area (Å²) in [6, 6.07) is 5.39. The van der Waals surface area contributed by atoms with Crippen LogP contribution >= 0.6 is 0 Å². The van der Waals surface area contributed by atoms with E-state index in [9.17, 15) is 4.39 Å². The molecule has 0 amide bonds. The molecule has 0 aliphatic heterocycles. The van der Waals surface area contributed by atoms with E-state index in [1.165, 1.54) is 6.07 Å². The molecular formula is C12H9FN2. The minimum absolute atomic E-state index is 0.302. The Labute approximate surface area is 86.7 Å². The van der Waals surface area contributed by atoms with E-state index >= 15 is 0 Å². The fraction of sp³-hybridized carbons (Fsp3) is 0.250. The highest BCUT2D eigenvalue weighted by Crippen LogP contribution is 2.38. The molecule has 0 bridgehead atoms. The van der Waals surface area contributed by atoms with Gasteiger partial charge >= 0.3 is 0 Å². The van der Waals surface area contributed by atoms with Gasteiger partial charge in [-0.2, -0.15) is 0 Å². The smallest absolute Gasteiger partial charge is 0.186 e. The predicted octanol–water partition coefficient (Wildman–Crippen LogP) is 2.49. The Kier molecular flexibility index (Phi) is 1.60. The first-order valence-corrected chi connectivity index (χ1v) is 4.94. The number of nitrogens with zero attached hydrogens (tertiary/aromatic N) is 2. The van der Waals surface area contributed by atoms with Gasteiger partial charge in [0.15, 0.2) is 11.6 Å². The standard InChI is InChI=1S/C12H9FN2/c1-2-11-14-12-9(13)4-3-5-10(12)15(11)8-6-7-8/h1,3-5,8H,6-7H2. The lowest BCUT2D eigenvalue weighted by atomic mass is 10.3. The number of aromatic nitrogens is 2. The molecule has 74 valence electrons. The average Bonchev–Trinajstić information content (AvgIpc) is 3.00. The zero-order chi connectivity index (χ0) is 10.4. The van der Waals surface area contributed by atoms with Crippen LogP contribution in [-0.4, -0.2) is 9.55 Å². The highest BCUT2D eigenvalue weighted by atomic mass is 19.1. The van der Waals surface area contributed by atoms with E-state index < -0.39 is 0 Å². The number of halogens is 1. The maximum Gasteiger partial charge on any atom is 0.186 e. The van der Waals surface area contributed by atoms with Crippen LogP contribution in [0.2, 0.25) is 0 Å². The van der Waals surface area contributed by atoms with E-state index in [0.717, 1.165) is 18.4 Å². The van der Waals surface area contributed by atoms with E-state index in [2.05, 4.69) is 10.9 Å². The van der Waals surface area contributed by atoms with Gasteiger partial charge in [-0.25, -0.2) is 9.37 Å². The van der Waals surface area contributed by atoms with Crippen molar-refractivity contribution in [2.24, 2.45) is 0 Å². The van der Waals surface area contributed by atoms with Crippen LogP contribution in [0.15, 0.2) is 18.2 Å². The van der Waals surface area contributed by atoms with Crippen molar-refractivity contribution in [2.45, 2.75) is 18.9 Å². The monoisotopic (exact) mass is 200 g/mol. The van der Waals surface area contributed by atoms with Crippen molar-refractivity contribution in [3.05, 3.63) is 29.8 Å². The molecule has 1 aliphatic rings. The maximum absolute atomic E-state index is 13.5. The van der Waals surface area contributed by atoms with Crippen LogP contribution < -0.4 is 0 Å². The summed E-state index contributed by atoms with van der Waals surface area (Å²) in [4.78, 5) is 4.14. The lowest BCUT2D eigenvalue weighted by Gasteiger charge is -2.02. The molecule has 2 nitrogen and oxygen atoms in total. The Hall–Kier alpha value is -1.82. The summed E-state index contributed by atoms with van der Waals surface area (Å²) >= 11 is 0. The summed E-state index contributed by atoms with van der Waals surface area (Å²) in [6.45, 7) is 0. The molecule has 1 fully saturated rings. The molecule has 0 radical (unpaired) electrons. The molecule has 1 aliphatic carbocycles. The Morgan fingerprint density at radius 1 is 1.47 bits per heavy atom. The Morgan fingerprint density at radius 3 is 2.93 bits per heavy atom. The van der Waals surface area contributed by atoms with Crippen molar-refractivity contribution in [2.75, 3.05) is 0 Å². The van der Waals surface area contributed by atoms with Gasteiger partial charge in [0, 0.05) is 6.04 Å². The van der Waals surface area contributed by atoms with E-state index in [1.54, 1.807) is 6.07 Å². The van der Waals surface area contributed by atoms with E-state index in [0.29, 0.717) is 17.4 Å². The third-order valence-electron chi connectivity index (χ3n) is 2.71. The van der Waals surface area contributed by atoms with Crippen LogP contribution in [-0.2, 0) is 0 Å². The first kappa shape index (κ1) is 8.49. The molecule has 15 heavy (non-hydrogen) atoms. The highest BCUT2D eigenvalue weighted by molar-refractivity contribution is 5.77. The Balaban J connectivity index is 2.39. The number of hydrogen-bond acceptors (Lipinski definition) is 1. The molecule has 3 rings (SSSR count). The Morgan fingerprint density at radius 2 is 2.27 bits per heavy atom. The molecule has 0 spiro atoms. The molecule has 1 aromatic heterocycles. The molecule has 3 heteroatoms. The number of benzene rings is 1. The SMILES string of the molecule is C#Cc1nc2c(F)cccc2n1C1CC1. The zero-order valence-corrected chi connectivity index (χ0v) is 8.07. The number of terminal acetylenes is 1. The van der Waals surface area contributed by atoms with Crippen molar-refractivity contribution in [1.82, 2.24) is 9.55 Å². The molecule has 1 aromatic carbocycles. The zero-order valence-electron chi connectivity index (χ0n) is 8.07. The minimum atomic E-state index is -0.302. The van der Waals surface area contributed by atoms with E-state index in [-0.39, 0.29) is 5.82 Å². The molecule has 2 aromatic rings. The second kappa shape index (κ2) is 2.83. The second-order valence-electron chi connectivity index (χ2n) is 3.79. The van der Waals surface area contributed by atoms with Crippen molar-refractivity contribution in [1.29, 1.82) is 0 Å². The number of para-hydroxylation sites is 1. The predicted molar refractivity (Wildman–Crippen MR) is 55.9 cm³/mol. The first-order chi connectivity index (χ1) is 7.31. The van der Waals surface area contributed by atoms with Gasteiger partial charge in [0.25, 0.3) is 0 Å². The summed E-state index contributed by atoms with van der Waals surface area (Å²) < 4.78 is 15.4. The largest absolute Gasteiger partial charge is 0.314 e. The summed E-state index contributed by atoms with van der Waals surface area (Å²) in [7, 11) is 0. The summed E-state index contributed by atoms with van der Waals surface area (Å²) in [5.74, 6) is 2.76. The fourth-order valence-corrected chi connectivity index (χ4v) is 1.89. The van der Waals surface area contributed by atoms with Gasteiger partial charge in [-0.15, -0.1) is 6.42 Å². The van der Waals surface area contributed by atoms with Gasteiger partial charge in [0.05, 0.1) is 5.52 Å². The van der Waals surface area contributed by atoms with Gasteiger partial charge in [-0.05, 0) is 30.9 Å². The molecular weight excluding hydrogens is 191 g/mol. The van der Waals surface area contributed by atoms with Crippen molar-refractivity contribution in [3.63, 3.8) is 0 Å².